The van der Waals surface area contributed by atoms with Crippen LogP contribution in [-0.4, -0.2) is 58.8 Å². The number of alkyl halides is 2. The van der Waals surface area contributed by atoms with Crippen molar-refractivity contribution in [2.45, 2.75) is 27.0 Å². The molecule has 1 aromatic rings. The Morgan fingerprint density at radius 1 is 1.26 bits per heavy atom. The molecule has 27 heavy (non-hydrogen) atoms. The van der Waals surface area contributed by atoms with Crippen LogP contribution in [0.4, 0.5) is 8.78 Å². The van der Waals surface area contributed by atoms with Gasteiger partial charge in [0.15, 0.2) is 5.96 Å². The van der Waals surface area contributed by atoms with Gasteiger partial charge in [-0.3, -0.25) is 4.99 Å². The van der Waals surface area contributed by atoms with Crippen molar-refractivity contribution in [1.82, 2.24) is 15.5 Å². The van der Waals surface area contributed by atoms with Crippen LogP contribution in [0.25, 0.3) is 0 Å². The van der Waals surface area contributed by atoms with Gasteiger partial charge in [0, 0.05) is 32.2 Å². The third-order valence-corrected chi connectivity index (χ3v) is 3.63. The number of methoxy groups -OCH3 is 1. The lowest BCUT2D eigenvalue weighted by Crippen LogP contribution is -2.44. The van der Waals surface area contributed by atoms with Crippen molar-refractivity contribution in [2.75, 3.05) is 41.3 Å². The van der Waals surface area contributed by atoms with E-state index in [1.807, 2.05) is 14.1 Å². The Morgan fingerprint density at radius 2 is 1.93 bits per heavy atom. The zero-order valence-electron chi connectivity index (χ0n) is 16.8. The Bertz CT molecular complexity index is 599. The summed E-state index contributed by atoms with van der Waals surface area (Å²) in [5, 5.41) is 6.39. The predicted molar refractivity (Wildman–Crippen MR) is 116 cm³/mol. The quantitative estimate of drug-likeness (QED) is 0.310. The molecule has 0 amide bonds. The number of hydrogen-bond acceptors (Lipinski definition) is 4. The van der Waals surface area contributed by atoms with Gasteiger partial charge in [-0.15, -0.1) is 24.0 Å². The van der Waals surface area contributed by atoms with E-state index in [2.05, 4.69) is 39.1 Å². The van der Waals surface area contributed by atoms with Crippen LogP contribution < -0.4 is 20.1 Å². The number of nitrogens with one attached hydrogen (secondary N) is 2. The van der Waals surface area contributed by atoms with Crippen LogP contribution in [0.5, 0.6) is 11.5 Å². The third kappa shape index (κ3) is 9.94. The molecule has 0 aliphatic carbocycles. The van der Waals surface area contributed by atoms with E-state index in [0.29, 0.717) is 23.8 Å². The van der Waals surface area contributed by atoms with Gasteiger partial charge >= 0.3 is 6.61 Å². The molecule has 0 aromatic heterocycles. The molecule has 156 valence electrons. The van der Waals surface area contributed by atoms with Crippen molar-refractivity contribution in [3.05, 3.63) is 23.8 Å². The second-order valence-corrected chi connectivity index (χ2v) is 7.03. The molecule has 0 heterocycles. The Morgan fingerprint density at radius 3 is 2.44 bits per heavy atom. The molecule has 0 saturated heterocycles. The highest BCUT2D eigenvalue weighted by atomic mass is 127. The second-order valence-electron chi connectivity index (χ2n) is 7.03. The predicted octanol–water partition coefficient (Wildman–Crippen LogP) is 3.17. The maximum Gasteiger partial charge on any atom is 0.387 e. The highest BCUT2D eigenvalue weighted by Crippen LogP contribution is 2.25. The summed E-state index contributed by atoms with van der Waals surface area (Å²) in [5.74, 6) is 1.26. The largest absolute Gasteiger partial charge is 0.497 e. The number of aliphatic imine (C=N–C) groups is 1. The first-order valence-corrected chi connectivity index (χ1v) is 8.38. The summed E-state index contributed by atoms with van der Waals surface area (Å²) in [5.41, 5.74) is 0.598. The summed E-state index contributed by atoms with van der Waals surface area (Å²) in [6.07, 6.45) is 0. The number of rotatable bonds is 9. The fourth-order valence-electron chi connectivity index (χ4n) is 2.67. The molecule has 0 saturated carbocycles. The minimum Gasteiger partial charge on any atom is -0.497 e. The van der Waals surface area contributed by atoms with Gasteiger partial charge in [-0.1, -0.05) is 13.8 Å². The lowest BCUT2D eigenvalue weighted by Gasteiger charge is -2.29. The van der Waals surface area contributed by atoms with Crippen molar-refractivity contribution >= 4 is 29.9 Å². The second kappa shape index (κ2) is 12.2. The highest BCUT2D eigenvalue weighted by molar-refractivity contribution is 14.0. The summed E-state index contributed by atoms with van der Waals surface area (Å²) >= 11 is 0. The molecule has 1 aromatic carbocycles. The van der Waals surface area contributed by atoms with Crippen LogP contribution in [0.15, 0.2) is 23.2 Å². The molecule has 0 radical (unpaired) electrons. The lowest BCUT2D eigenvalue weighted by molar-refractivity contribution is -0.0505. The third-order valence-electron chi connectivity index (χ3n) is 3.63. The van der Waals surface area contributed by atoms with E-state index in [-0.39, 0.29) is 41.7 Å². The molecular formula is C18H31F2IN4O2. The van der Waals surface area contributed by atoms with Gasteiger partial charge < -0.3 is 25.0 Å². The van der Waals surface area contributed by atoms with E-state index in [9.17, 15) is 8.78 Å². The lowest BCUT2D eigenvalue weighted by atomic mass is 9.93. The van der Waals surface area contributed by atoms with Gasteiger partial charge in [0.2, 0.25) is 0 Å². The summed E-state index contributed by atoms with van der Waals surface area (Å²) in [6, 6.07) is 4.71. The van der Waals surface area contributed by atoms with Gasteiger partial charge in [-0.05, 0) is 37.7 Å². The Kier molecular flexibility index (Phi) is 11.6. The molecule has 0 aliphatic heterocycles. The molecule has 6 nitrogen and oxygen atoms in total. The minimum atomic E-state index is -2.88. The summed E-state index contributed by atoms with van der Waals surface area (Å²) in [6.45, 7) is 3.33. The van der Waals surface area contributed by atoms with Crippen LogP contribution >= 0.6 is 24.0 Å². The summed E-state index contributed by atoms with van der Waals surface area (Å²) in [4.78, 5) is 6.31. The van der Waals surface area contributed by atoms with Crippen LogP contribution in [0.2, 0.25) is 0 Å². The fraction of sp³-hybridized carbons (Fsp3) is 0.611. The first kappa shape index (κ1) is 25.6. The molecule has 2 N–H and O–H groups in total. The van der Waals surface area contributed by atoms with E-state index in [1.54, 1.807) is 19.2 Å². The van der Waals surface area contributed by atoms with Crippen molar-refractivity contribution in [3.63, 3.8) is 0 Å². The Hall–Kier alpha value is -1.36. The average molecular weight is 500 g/mol. The minimum absolute atomic E-state index is 0. The zero-order chi connectivity index (χ0) is 19.7. The number of ether oxygens (including phenoxy) is 2. The maximum absolute atomic E-state index is 12.6. The van der Waals surface area contributed by atoms with E-state index in [0.717, 1.165) is 6.54 Å². The fourth-order valence-corrected chi connectivity index (χ4v) is 2.67. The van der Waals surface area contributed by atoms with Crippen LogP contribution in [0, 0.1) is 5.41 Å². The van der Waals surface area contributed by atoms with Crippen molar-refractivity contribution in [3.8, 4) is 11.5 Å². The first-order chi connectivity index (χ1) is 12.2. The molecular weight excluding hydrogens is 469 g/mol. The SMILES string of the molecule is CN=C(NCc1cc(OC)ccc1OC(F)F)NCC(C)(C)CN(C)C.I. The van der Waals surface area contributed by atoms with Gasteiger partial charge in [0.25, 0.3) is 0 Å². The Balaban J connectivity index is 0.00000676. The standard InChI is InChI=1S/C18H30F2N4O2.HI/c1-18(2,12-24(4)5)11-23-17(21-3)22-10-13-9-14(25-6)7-8-15(13)26-16(19)20;/h7-9,16H,10-12H2,1-6H3,(H2,21,22,23);1H. The van der Waals surface area contributed by atoms with E-state index in [1.165, 1.54) is 13.2 Å². The maximum atomic E-state index is 12.6. The van der Waals surface area contributed by atoms with E-state index in [4.69, 9.17) is 4.74 Å². The molecule has 0 bridgehead atoms. The smallest absolute Gasteiger partial charge is 0.387 e. The normalized spacial score (nSPS) is 12.0. The monoisotopic (exact) mass is 500 g/mol. The molecule has 0 atom stereocenters. The summed E-state index contributed by atoms with van der Waals surface area (Å²) in [7, 11) is 7.24. The molecule has 0 aliphatic rings. The number of guanidine groups is 1. The zero-order valence-corrected chi connectivity index (χ0v) is 19.1. The molecule has 9 heteroatoms. The highest BCUT2D eigenvalue weighted by Gasteiger charge is 2.19. The van der Waals surface area contributed by atoms with Gasteiger partial charge in [-0.2, -0.15) is 8.78 Å². The number of benzene rings is 1. The van der Waals surface area contributed by atoms with Gasteiger partial charge in [0.05, 0.1) is 7.11 Å². The topological polar surface area (TPSA) is 58.1 Å². The van der Waals surface area contributed by atoms with Crippen molar-refractivity contribution in [1.29, 1.82) is 0 Å². The van der Waals surface area contributed by atoms with Crippen molar-refractivity contribution < 1.29 is 18.3 Å². The van der Waals surface area contributed by atoms with Crippen LogP contribution in [-0.2, 0) is 6.54 Å². The van der Waals surface area contributed by atoms with E-state index < -0.39 is 6.61 Å². The Labute approximate surface area is 177 Å². The number of halogens is 3. The molecule has 0 spiro atoms. The van der Waals surface area contributed by atoms with E-state index >= 15 is 0 Å². The molecule has 0 fully saturated rings. The molecule has 1 rings (SSSR count). The van der Waals surface area contributed by atoms with Gasteiger partial charge in [-0.25, -0.2) is 0 Å². The number of nitrogens with zero attached hydrogens (tertiary/aromatic N) is 2. The number of hydrogen-bond donors (Lipinski definition) is 2. The van der Waals surface area contributed by atoms with Crippen molar-refractivity contribution in [2.24, 2.45) is 10.4 Å². The molecule has 0 unspecified atom stereocenters. The average Bonchev–Trinajstić information content (AvgIpc) is 2.54. The summed E-state index contributed by atoms with van der Waals surface area (Å²) < 4.78 is 34.9. The van der Waals surface area contributed by atoms with Crippen LogP contribution in [0.1, 0.15) is 19.4 Å². The van der Waals surface area contributed by atoms with Gasteiger partial charge in [0.1, 0.15) is 11.5 Å². The first-order valence-electron chi connectivity index (χ1n) is 8.38. The van der Waals surface area contributed by atoms with Crippen LogP contribution in [0.3, 0.4) is 0 Å².